The Labute approximate surface area is 147 Å². The summed E-state index contributed by atoms with van der Waals surface area (Å²) in [6.45, 7) is 0.996. The van der Waals surface area contributed by atoms with Gasteiger partial charge in [0.05, 0.1) is 11.8 Å². The average Bonchev–Trinajstić information content (AvgIpc) is 2.61. The first kappa shape index (κ1) is 17.6. The summed E-state index contributed by atoms with van der Waals surface area (Å²) in [5, 5.41) is 9.31. The monoisotopic (exact) mass is 360 g/mol. The number of hydrogen-bond donors (Lipinski definition) is 1. The number of benzene rings is 1. The molecule has 2 aromatic rings. The molecule has 0 amide bonds. The van der Waals surface area contributed by atoms with Gasteiger partial charge in [-0.2, -0.15) is 0 Å². The Morgan fingerprint density at radius 3 is 2.64 bits per heavy atom. The first-order valence-corrected chi connectivity index (χ1v) is 9.95. The van der Waals surface area contributed by atoms with Crippen molar-refractivity contribution in [3.05, 3.63) is 53.9 Å². The Hall–Kier alpha value is -2.25. The van der Waals surface area contributed by atoms with Gasteiger partial charge in [0.15, 0.2) is 0 Å². The van der Waals surface area contributed by atoms with Crippen LogP contribution in [0.5, 0.6) is 0 Å². The normalized spacial score (nSPS) is 18.8. The number of aromatic carboxylic acids is 1. The van der Waals surface area contributed by atoms with Crippen LogP contribution in [0, 0.1) is 0 Å². The van der Waals surface area contributed by atoms with E-state index in [1.54, 1.807) is 30.5 Å². The lowest BCUT2D eigenvalue weighted by Crippen LogP contribution is -2.38. The maximum atomic E-state index is 11.8. The lowest BCUT2D eigenvalue weighted by molar-refractivity contribution is 0.0697. The average molecular weight is 360 g/mol. The molecule has 1 aromatic carbocycles. The number of carbonyl (C=O) groups is 1. The largest absolute Gasteiger partial charge is 0.478 e. The summed E-state index contributed by atoms with van der Waals surface area (Å²) in [4.78, 5) is 15.8. The van der Waals surface area contributed by atoms with Gasteiger partial charge in [0.25, 0.3) is 0 Å². The third-order valence-corrected chi connectivity index (χ3v) is 5.80. The standard InChI is InChI=1S/C18H20N2O4S/c1-25(23,24)20-10-4-5-14(12-20)17-9-8-13(11-19-17)15-6-2-3-7-16(15)18(21)22/h2-3,6-9,11,14H,4-5,10,12H2,1H3,(H,21,22)/t14-/m0/s1. The van der Waals surface area contributed by atoms with E-state index in [1.807, 2.05) is 12.1 Å². The summed E-state index contributed by atoms with van der Waals surface area (Å²) < 4.78 is 25.0. The second-order valence-corrected chi connectivity index (χ2v) is 8.27. The highest BCUT2D eigenvalue weighted by atomic mass is 32.2. The van der Waals surface area contributed by atoms with E-state index in [1.165, 1.54) is 10.6 Å². The second kappa shape index (κ2) is 6.93. The zero-order chi connectivity index (χ0) is 18.0. The zero-order valence-corrected chi connectivity index (χ0v) is 14.7. The van der Waals surface area contributed by atoms with Crippen LogP contribution in [0.3, 0.4) is 0 Å². The molecule has 1 aliphatic heterocycles. The number of piperidine rings is 1. The molecule has 0 bridgehead atoms. The van der Waals surface area contributed by atoms with Crippen LogP contribution in [0.25, 0.3) is 11.1 Å². The van der Waals surface area contributed by atoms with Crippen molar-refractivity contribution < 1.29 is 18.3 Å². The molecule has 0 saturated carbocycles. The van der Waals surface area contributed by atoms with Crippen molar-refractivity contribution in [3.8, 4) is 11.1 Å². The van der Waals surface area contributed by atoms with Crippen LogP contribution < -0.4 is 0 Å². The Balaban J connectivity index is 1.85. The van der Waals surface area contributed by atoms with E-state index in [-0.39, 0.29) is 11.5 Å². The molecule has 1 atom stereocenters. The molecule has 1 N–H and O–H groups in total. The van der Waals surface area contributed by atoms with Crippen LogP contribution >= 0.6 is 0 Å². The van der Waals surface area contributed by atoms with Crippen LogP contribution in [-0.4, -0.2) is 48.1 Å². The van der Waals surface area contributed by atoms with Crippen LogP contribution in [-0.2, 0) is 10.0 Å². The summed E-state index contributed by atoms with van der Waals surface area (Å²) in [6.07, 6.45) is 4.60. The van der Waals surface area contributed by atoms with Crippen molar-refractivity contribution in [1.82, 2.24) is 9.29 Å². The molecule has 6 nitrogen and oxygen atoms in total. The molecule has 0 radical (unpaired) electrons. The maximum absolute atomic E-state index is 11.8. The number of carboxylic acid groups (broad SMARTS) is 1. The maximum Gasteiger partial charge on any atom is 0.336 e. The summed E-state index contributed by atoms with van der Waals surface area (Å²) in [5.74, 6) is -0.914. The van der Waals surface area contributed by atoms with Crippen molar-refractivity contribution in [2.45, 2.75) is 18.8 Å². The topological polar surface area (TPSA) is 87.6 Å². The summed E-state index contributed by atoms with van der Waals surface area (Å²) in [6, 6.07) is 10.5. The third-order valence-electron chi connectivity index (χ3n) is 4.53. The highest BCUT2D eigenvalue weighted by Gasteiger charge is 2.27. The van der Waals surface area contributed by atoms with Crippen molar-refractivity contribution in [2.24, 2.45) is 0 Å². The van der Waals surface area contributed by atoms with Crippen molar-refractivity contribution in [3.63, 3.8) is 0 Å². The molecule has 7 heteroatoms. The lowest BCUT2D eigenvalue weighted by Gasteiger charge is -2.30. The lowest BCUT2D eigenvalue weighted by atomic mass is 9.94. The van der Waals surface area contributed by atoms with E-state index in [4.69, 9.17) is 0 Å². The van der Waals surface area contributed by atoms with Gasteiger partial charge in [-0.25, -0.2) is 17.5 Å². The number of pyridine rings is 1. The number of sulfonamides is 1. The van der Waals surface area contributed by atoms with Gasteiger partial charge in [-0.3, -0.25) is 4.98 Å². The van der Waals surface area contributed by atoms with E-state index < -0.39 is 16.0 Å². The fourth-order valence-electron chi connectivity index (χ4n) is 3.21. The molecule has 3 rings (SSSR count). The van der Waals surface area contributed by atoms with Gasteiger partial charge in [0, 0.05) is 36.5 Å². The molecule has 1 aromatic heterocycles. The summed E-state index contributed by atoms with van der Waals surface area (Å²) in [5.41, 5.74) is 2.43. The van der Waals surface area contributed by atoms with Crippen molar-refractivity contribution >= 4 is 16.0 Å². The summed E-state index contributed by atoms with van der Waals surface area (Å²) in [7, 11) is -3.19. The van der Waals surface area contributed by atoms with Crippen molar-refractivity contribution in [1.29, 1.82) is 0 Å². The van der Waals surface area contributed by atoms with Gasteiger partial charge in [-0.15, -0.1) is 0 Å². The van der Waals surface area contributed by atoms with Gasteiger partial charge in [0.2, 0.25) is 10.0 Å². The third kappa shape index (κ3) is 3.88. The number of aromatic nitrogens is 1. The molecule has 0 aliphatic carbocycles. The van der Waals surface area contributed by atoms with Gasteiger partial charge >= 0.3 is 5.97 Å². The molecule has 132 valence electrons. The minimum Gasteiger partial charge on any atom is -0.478 e. The highest BCUT2D eigenvalue weighted by molar-refractivity contribution is 7.88. The van der Waals surface area contributed by atoms with E-state index in [0.717, 1.165) is 24.1 Å². The van der Waals surface area contributed by atoms with Crippen molar-refractivity contribution in [2.75, 3.05) is 19.3 Å². The fraction of sp³-hybridized carbons (Fsp3) is 0.333. The Bertz CT molecular complexity index is 878. The summed E-state index contributed by atoms with van der Waals surface area (Å²) >= 11 is 0. The molecule has 25 heavy (non-hydrogen) atoms. The number of rotatable bonds is 4. The van der Waals surface area contributed by atoms with E-state index >= 15 is 0 Å². The van der Waals surface area contributed by atoms with Crippen LogP contribution in [0.2, 0.25) is 0 Å². The van der Waals surface area contributed by atoms with Gasteiger partial charge < -0.3 is 5.11 Å². The molecular weight excluding hydrogens is 340 g/mol. The first-order chi connectivity index (χ1) is 11.9. The molecule has 1 fully saturated rings. The SMILES string of the molecule is CS(=O)(=O)N1CCC[C@H](c2ccc(-c3ccccc3C(=O)O)cn2)C1. The first-order valence-electron chi connectivity index (χ1n) is 8.10. The minimum atomic E-state index is -3.19. The fourth-order valence-corrected chi connectivity index (χ4v) is 4.12. The molecule has 0 spiro atoms. The Morgan fingerprint density at radius 1 is 1.24 bits per heavy atom. The van der Waals surface area contributed by atoms with Gasteiger partial charge in [-0.1, -0.05) is 24.3 Å². The van der Waals surface area contributed by atoms with Crippen LogP contribution in [0.15, 0.2) is 42.6 Å². The number of hydrogen-bond acceptors (Lipinski definition) is 4. The molecule has 1 aliphatic rings. The van der Waals surface area contributed by atoms with E-state index in [0.29, 0.717) is 18.7 Å². The van der Waals surface area contributed by atoms with E-state index in [9.17, 15) is 18.3 Å². The molecule has 1 saturated heterocycles. The molecule has 2 heterocycles. The highest BCUT2D eigenvalue weighted by Crippen LogP contribution is 2.29. The predicted octanol–water partition coefficient (Wildman–Crippen LogP) is 2.59. The quantitative estimate of drug-likeness (QED) is 0.905. The smallest absolute Gasteiger partial charge is 0.336 e. The van der Waals surface area contributed by atoms with Crippen LogP contribution in [0.4, 0.5) is 0 Å². The Kier molecular flexibility index (Phi) is 4.87. The van der Waals surface area contributed by atoms with Gasteiger partial charge in [-0.05, 0) is 30.5 Å². The zero-order valence-electron chi connectivity index (χ0n) is 13.9. The Morgan fingerprint density at radius 2 is 2.00 bits per heavy atom. The van der Waals surface area contributed by atoms with E-state index in [2.05, 4.69) is 4.98 Å². The predicted molar refractivity (Wildman–Crippen MR) is 95.0 cm³/mol. The number of nitrogens with zero attached hydrogens (tertiary/aromatic N) is 2. The van der Waals surface area contributed by atoms with Crippen LogP contribution in [0.1, 0.15) is 34.8 Å². The minimum absolute atomic E-state index is 0.0623. The molecule has 0 unspecified atom stereocenters. The second-order valence-electron chi connectivity index (χ2n) is 6.28. The van der Waals surface area contributed by atoms with Gasteiger partial charge in [0.1, 0.15) is 0 Å². The number of carboxylic acids is 1. The molecular formula is C18H20N2O4S.